The third-order valence-electron chi connectivity index (χ3n) is 4.92. The van der Waals surface area contributed by atoms with E-state index in [4.69, 9.17) is 5.26 Å². The van der Waals surface area contributed by atoms with Crippen LogP contribution in [0.5, 0.6) is 0 Å². The minimum Gasteiger partial charge on any atom is -0.314 e. The molecule has 1 aliphatic carbocycles. The summed E-state index contributed by atoms with van der Waals surface area (Å²) in [6.45, 7) is 4.40. The zero-order valence-corrected chi connectivity index (χ0v) is 12.1. The highest BCUT2D eigenvalue weighted by Crippen LogP contribution is 2.35. The fraction of sp³-hybridized carbons (Fsp3) is 0.588. The molecule has 1 saturated carbocycles. The van der Waals surface area contributed by atoms with E-state index in [2.05, 4.69) is 28.4 Å². The van der Waals surface area contributed by atoms with E-state index in [1.165, 1.54) is 37.7 Å². The van der Waals surface area contributed by atoms with Crippen LogP contribution in [0.3, 0.4) is 0 Å². The number of benzene rings is 1. The summed E-state index contributed by atoms with van der Waals surface area (Å²) in [4.78, 5) is 2.68. The molecule has 20 heavy (non-hydrogen) atoms. The number of hydrogen-bond donors (Lipinski definition) is 1. The Bertz CT molecular complexity index is 472. The number of piperazine rings is 1. The van der Waals surface area contributed by atoms with Crippen LogP contribution >= 0.6 is 0 Å². The average molecular weight is 269 g/mol. The summed E-state index contributed by atoms with van der Waals surface area (Å²) >= 11 is 0. The van der Waals surface area contributed by atoms with Crippen molar-refractivity contribution in [1.82, 2.24) is 10.2 Å². The highest BCUT2D eigenvalue weighted by molar-refractivity contribution is 5.31. The van der Waals surface area contributed by atoms with Crippen LogP contribution in [0, 0.1) is 11.3 Å². The molecule has 0 aromatic heterocycles. The fourth-order valence-electron chi connectivity index (χ4n) is 3.74. The fourth-order valence-corrected chi connectivity index (χ4v) is 3.74. The number of nitrogens with zero attached hydrogens (tertiary/aromatic N) is 2. The van der Waals surface area contributed by atoms with Crippen molar-refractivity contribution in [3.8, 4) is 6.07 Å². The standard InChI is InChI=1S/C17H23N3/c18-12-15-4-6-16(7-5-15)13-20-11-10-19-14-17(20)8-2-1-3-9-17/h4-7,19H,1-3,8-11,13-14H2. The van der Waals surface area contributed by atoms with E-state index in [0.717, 1.165) is 31.7 Å². The van der Waals surface area contributed by atoms with Gasteiger partial charge in [0.2, 0.25) is 0 Å². The summed E-state index contributed by atoms with van der Waals surface area (Å²) in [6, 6.07) is 10.3. The first-order chi connectivity index (χ1) is 9.82. The zero-order chi connectivity index (χ0) is 13.8. The highest BCUT2D eigenvalue weighted by Gasteiger charge is 2.39. The van der Waals surface area contributed by atoms with Gasteiger partial charge in [-0.05, 0) is 30.5 Å². The van der Waals surface area contributed by atoms with Gasteiger partial charge in [0.05, 0.1) is 11.6 Å². The van der Waals surface area contributed by atoms with Gasteiger partial charge in [0.15, 0.2) is 0 Å². The Balaban J connectivity index is 1.74. The maximum atomic E-state index is 8.88. The Morgan fingerprint density at radius 3 is 2.60 bits per heavy atom. The van der Waals surface area contributed by atoms with Crippen molar-refractivity contribution in [1.29, 1.82) is 5.26 Å². The minimum absolute atomic E-state index is 0.379. The van der Waals surface area contributed by atoms with Gasteiger partial charge in [-0.15, -0.1) is 0 Å². The number of hydrogen-bond acceptors (Lipinski definition) is 3. The summed E-state index contributed by atoms with van der Waals surface area (Å²) in [5, 5.41) is 12.5. The van der Waals surface area contributed by atoms with Gasteiger partial charge in [-0.3, -0.25) is 4.90 Å². The predicted octanol–water partition coefficient (Wildman–Crippen LogP) is 2.67. The van der Waals surface area contributed by atoms with Gasteiger partial charge < -0.3 is 5.32 Å². The lowest BCUT2D eigenvalue weighted by Crippen LogP contribution is -2.61. The highest BCUT2D eigenvalue weighted by atomic mass is 15.3. The van der Waals surface area contributed by atoms with Crippen molar-refractivity contribution in [2.75, 3.05) is 19.6 Å². The molecule has 0 amide bonds. The van der Waals surface area contributed by atoms with Crippen LogP contribution in [-0.2, 0) is 6.54 Å². The second-order valence-corrected chi connectivity index (χ2v) is 6.19. The lowest BCUT2D eigenvalue weighted by atomic mass is 9.79. The van der Waals surface area contributed by atoms with Gasteiger partial charge in [-0.2, -0.15) is 5.26 Å². The average Bonchev–Trinajstić information content (AvgIpc) is 2.51. The molecule has 1 aromatic rings. The topological polar surface area (TPSA) is 39.1 Å². The monoisotopic (exact) mass is 269 g/mol. The van der Waals surface area contributed by atoms with Crippen LogP contribution in [0.25, 0.3) is 0 Å². The summed E-state index contributed by atoms with van der Waals surface area (Å²) in [5.74, 6) is 0. The van der Waals surface area contributed by atoms with Crippen LogP contribution in [0.15, 0.2) is 24.3 Å². The summed E-state index contributed by atoms with van der Waals surface area (Å²) in [5.41, 5.74) is 2.46. The third kappa shape index (κ3) is 2.72. The molecular formula is C17H23N3. The maximum Gasteiger partial charge on any atom is 0.0991 e. The Morgan fingerprint density at radius 1 is 1.15 bits per heavy atom. The molecule has 1 aromatic carbocycles. The lowest BCUT2D eigenvalue weighted by molar-refractivity contribution is 0.0209. The van der Waals surface area contributed by atoms with Crippen LogP contribution in [0.4, 0.5) is 0 Å². The van der Waals surface area contributed by atoms with Gasteiger partial charge in [0.1, 0.15) is 0 Å². The van der Waals surface area contributed by atoms with Crippen LogP contribution in [0.2, 0.25) is 0 Å². The predicted molar refractivity (Wildman–Crippen MR) is 80.3 cm³/mol. The molecule has 3 nitrogen and oxygen atoms in total. The quantitative estimate of drug-likeness (QED) is 0.897. The maximum absolute atomic E-state index is 8.88. The molecule has 0 radical (unpaired) electrons. The number of nitrogens with one attached hydrogen (secondary N) is 1. The molecule has 2 fully saturated rings. The molecule has 0 bridgehead atoms. The first kappa shape index (κ1) is 13.6. The smallest absolute Gasteiger partial charge is 0.0991 e. The Labute approximate surface area is 121 Å². The second-order valence-electron chi connectivity index (χ2n) is 6.19. The van der Waals surface area contributed by atoms with E-state index in [0.29, 0.717) is 5.54 Å². The molecule has 1 aliphatic heterocycles. The second kappa shape index (κ2) is 5.95. The van der Waals surface area contributed by atoms with E-state index in [1.807, 2.05) is 12.1 Å². The molecule has 1 heterocycles. The first-order valence-electron chi connectivity index (χ1n) is 7.77. The molecule has 0 unspecified atom stereocenters. The van der Waals surface area contributed by atoms with E-state index in [1.54, 1.807) is 0 Å². The molecule has 0 atom stereocenters. The largest absolute Gasteiger partial charge is 0.314 e. The molecular weight excluding hydrogens is 246 g/mol. The van der Waals surface area contributed by atoms with Gasteiger partial charge in [-0.1, -0.05) is 31.4 Å². The summed E-state index contributed by atoms with van der Waals surface area (Å²) in [6.07, 6.45) is 6.79. The normalized spacial score (nSPS) is 22.6. The molecule has 1 saturated heterocycles. The van der Waals surface area contributed by atoms with Gasteiger partial charge in [-0.25, -0.2) is 0 Å². The molecule has 1 N–H and O–H groups in total. The van der Waals surface area contributed by atoms with E-state index < -0.39 is 0 Å². The zero-order valence-electron chi connectivity index (χ0n) is 12.1. The molecule has 3 rings (SSSR count). The van der Waals surface area contributed by atoms with Crippen LogP contribution in [-0.4, -0.2) is 30.1 Å². The first-order valence-corrected chi connectivity index (χ1v) is 7.77. The number of nitriles is 1. The molecule has 1 spiro atoms. The van der Waals surface area contributed by atoms with Crippen LogP contribution in [0.1, 0.15) is 43.2 Å². The molecule has 3 heteroatoms. The van der Waals surface area contributed by atoms with Gasteiger partial charge in [0.25, 0.3) is 0 Å². The van der Waals surface area contributed by atoms with E-state index >= 15 is 0 Å². The van der Waals surface area contributed by atoms with E-state index in [-0.39, 0.29) is 0 Å². The summed E-state index contributed by atoms with van der Waals surface area (Å²) in [7, 11) is 0. The molecule has 106 valence electrons. The van der Waals surface area contributed by atoms with Crippen molar-refractivity contribution < 1.29 is 0 Å². The van der Waals surface area contributed by atoms with Crippen molar-refractivity contribution in [2.24, 2.45) is 0 Å². The number of rotatable bonds is 2. The summed E-state index contributed by atoms with van der Waals surface area (Å²) < 4.78 is 0. The van der Waals surface area contributed by atoms with E-state index in [9.17, 15) is 0 Å². The minimum atomic E-state index is 0.379. The Kier molecular flexibility index (Phi) is 4.05. The van der Waals surface area contributed by atoms with Crippen molar-refractivity contribution in [3.05, 3.63) is 35.4 Å². The molecule has 2 aliphatic rings. The van der Waals surface area contributed by atoms with Crippen molar-refractivity contribution >= 4 is 0 Å². The lowest BCUT2D eigenvalue weighted by Gasteiger charge is -2.50. The third-order valence-corrected chi connectivity index (χ3v) is 4.92. The Hall–Kier alpha value is -1.37. The van der Waals surface area contributed by atoms with Crippen LogP contribution < -0.4 is 5.32 Å². The Morgan fingerprint density at radius 2 is 1.90 bits per heavy atom. The van der Waals surface area contributed by atoms with Crippen molar-refractivity contribution in [3.63, 3.8) is 0 Å². The van der Waals surface area contributed by atoms with Gasteiger partial charge in [0, 0.05) is 31.7 Å². The van der Waals surface area contributed by atoms with Gasteiger partial charge >= 0.3 is 0 Å². The SMILES string of the molecule is N#Cc1ccc(CN2CCNCC23CCCCC3)cc1. The van der Waals surface area contributed by atoms with Crippen molar-refractivity contribution in [2.45, 2.75) is 44.2 Å².